The molecule has 0 aliphatic heterocycles. The summed E-state index contributed by atoms with van der Waals surface area (Å²) in [5.74, 6) is 0. The van der Waals surface area contributed by atoms with Gasteiger partial charge in [0.25, 0.3) is 0 Å². The molecule has 0 amide bonds. The van der Waals surface area contributed by atoms with Crippen molar-refractivity contribution in [2.24, 2.45) is 0 Å². The molecular weight excluding hydrogens is 139 g/mol. The maximum absolute atomic E-state index is 2.68. The molecule has 0 fully saturated rings. The minimum atomic E-state index is 0.873. The zero-order chi connectivity index (χ0) is 4.99. The first-order valence-electron chi connectivity index (χ1n) is 2.49. The van der Waals surface area contributed by atoms with Gasteiger partial charge in [-0.25, -0.2) is 0 Å². The van der Waals surface area contributed by atoms with Gasteiger partial charge < -0.3 is 0 Å². The summed E-state index contributed by atoms with van der Waals surface area (Å²) in [5.41, 5.74) is 0. The predicted molar refractivity (Wildman–Crippen MR) is 31.5 cm³/mol. The monoisotopic (exact) mass is 152 g/mol. The van der Waals surface area contributed by atoms with Gasteiger partial charge in [0.1, 0.15) is 0 Å². The van der Waals surface area contributed by atoms with Crippen LogP contribution in [0.4, 0.5) is 0 Å². The van der Waals surface area contributed by atoms with Crippen LogP contribution in [0.25, 0.3) is 0 Å². The molecule has 1 heteroatoms. The molecule has 0 radical (unpaired) electrons. The van der Waals surface area contributed by atoms with Crippen molar-refractivity contribution in [1.82, 2.24) is 0 Å². The molecule has 0 unspecified atom stereocenters. The summed E-state index contributed by atoms with van der Waals surface area (Å²) in [6, 6.07) is 0. The zero-order valence-corrected chi connectivity index (χ0v) is 6.32. The van der Waals surface area contributed by atoms with Crippen molar-refractivity contribution in [3.8, 4) is 0 Å². The van der Waals surface area contributed by atoms with Crippen LogP contribution >= 0.6 is 0 Å². The van der Waals surface area contributed by atoms with Crippen molar-refractivity contribution in [3.63, 3.8) is 0 Å². The summed E-state index contributed by atoms with van der Waals surface area (Å²) in [6.07, 6.45) is 2.60. The number of rotatable bonds is 2. The van der Waals surface area contributed by atoms with E-state index in [-0.39, 0.29) is 0 Å². The second-order valence-corrected chi connectivity index (χ2v) is 3.00. The van der Waals surface area contributed by atoms with Crippen molar-refractivity contribution < 1.29 is 0 Å². The van der Waals surface area contributed by atoms with Gasteiger partial charge in [-0.3, -0.25) is 0 Å². The fourth-order valence-corrected chi connectivity index (χ4v) is 0.289. The summed E-state index contributed by atoms with van der Waals surface area (Å²) in [7, 11) is 0. The van der Waals surface area contributed by atoms with E-state index < -0.39 is 0 Å². The van der Waals surface area contributed by atoms with Crippen molar-refractivity contribution in [3.05, 3.63) is 0 Å². The minimum absolute atomic E-state index is 0.873. The topological polar surface area (TPSA) is 0 Å². The second kappa shape index (κ2) is 3.70. The Labute approximate surface area is 48.1 Å². The van der Waals surface area contributed by atoms with Gasteiger partial charge in [-0.1, -0.05) is 0 Å². The molecule has 0 N–H and O–H groups in total. The molecule has 0 saturated heterocycles. The first-order valence-corrected chi connectivity index (χ1v) is 3.57. The molecule has 0 rings (SSSR count). The van der Waals surface area contributed by atoms with Gasteiger partial charge in [-0.05, 0) is 0 Å². The van der Waals surface area contributed by atoms with Crippen molar-refractivity contribution in [1.29, 1.82) is 0 Å². The molecule has 0 heterocycles. The molecule has 38 valence electrons. The van der Waals surface area contributed by atoms with Crippen LogP contribution in [0.3, 0.4) is 0 Å². The first-order chi connectivity index (χ1) is 2.81. The van der Waals surface area contributed by atoms with Gasteiger partial charge >= 0.3 is 47.5 Å². The van der Waals surface area contributed by atoms with E-state index in [9.17, 15) is 0 Å². The summed E-state index contributed by atoms with van der Waals surface area (Å²) in [4.78, 5) is 0.873. The third kappa shape index (κ3) is 2.74. The Morgan fingerprint density at radius 3 is 1.67 bits per heavy atom. The van der Waals surface area contributed by atoms with Crippen molar-refractivity contribution >= 4 is 16.0 Å². The van der Waals surface area contributed by atoms with Gasteiger partial charge in [0.05, 0.1) is 0 Å². The summed E-state index contributed by atoms with van der Waals surface area (Å²) < 4.78 is 0. The Kier molecular flexibility index (Phi) is 4.02. The third-order valence-electron chi connectivity index (χ3n) is 0.942. The third-order valence-corrected chi connectivity index (χ3v) is 2.47. The van der Waals surface area contributed by atoms with E-state index in [0.29, 0.717) is 0 Å². The normalized spacial score (nSPS) is 10.0. The SMILES string of the molecule is CCC([SeH])CC. The van der Waals surface area contributed by atoms with Gasteiger partial charge in [0.15, 0.2) is 0 Å². The summed E-state index contributed by atoms with van der Waals surface area (Å²) in [5, 5.41) is 0. The fourth-order valence-electron chi connectivity index (χ4n) is 0.289. The average Bonchev–Trinajstić information content (AvgIpc) is 1.65. The fraction of sp³-hybridized carbons (Fsp3) is 1.00. The van der Waals surface area contributed by atoms with Crippen LogP contribution < -0.4 is 0 Å². The van der Waals surface area contributed by atoms with Gasteiger partial charge in [-0.2, -0.15) is 0 Å². The zero-order valence-electron chi connectivity index (χ0n) is 4.44. The summed E-state index contributed by atoms with van der Waals surface area (Å²) >= 11 is 2.68. The van der Waals surface area contributed by atoms with Crippen LogP contribution in [0.15, 0.2) is 0 Å². The molecule has 0 aliphatic carbocycles. The molecule has 0 aromatic heterocycles. The maximum atomic E-state index is 2.68. The standard InChI is InChI=1S/C5H12Se/c1-3-5(6)4-2/h5-6H,3-4H2,1-2H3. The molecule has 0 saturated carbocycles. The van der Waals surface area contributed by atoms with Crippen LogP contribution in [-0.2, 0) is 0 Å². The van der Waals surface area contributed by atoms with E-state index in [2.05, 4.69) is 29.9 Å². The van der Waals surface area contributed by atoms with E-state index in [1.807, 2.05) is 0 Å². The van der Waals surface area contributed by atoms with Crippen LogP contribution in [0.1, 0.15) is 26.7 Å². The Balaban J connectivity index is 2.75. The number of hydrogen-bond acceptors (Lipinski definition) is 0. The Hall–Kier alpha value is 0.519. The Morgan fingerprint density at radius 2 is 1.67 bits per heavy atom. The van der Waals surface area contributed by atoms with Gasteiger partial charge in [-0.15, -0.1) is 0 Å². The molecule has 0 atom stereocenters. The van der Waals surface area contributed by atoms with E-state index in [1.165, 1.54) is 12.8 Å². The van der Waals surface area contributed by atoms with Crippen LogP contribution in [0, 0.1) is 0 Å². The Bertz CT molecular complexity index is 23.1. The van der Waals surface area contributed by atoms with E-state index in [0.717, 1.165) is 4.82 Å². The molecule has 0 spiro atoms. The second-order valence-electron chi connectivity index (χ2n) is 1.47. The predicted octanol–water partition coefficient (Wildman–Crippen LogP) is 1.50. The van der Waals surface area contributed by atoms with Gasteiger partial charge in [0, 0.05) is 0 Å². The molecule has 0 nitrogen and oxygen atoms in total. The molecule has 6 heavy (non-hydrogen) atoms. The Morgan fingerprint density at radius 1 is 1.33 bits per heavy atom. The molecule has 0 aliphatic rings. The molecule has 0 bridgehead atoms. The van der Waals surface area contributed by atoms with E-state index in [4.69, 9.17) is 0 Å². The number of hydrogen-bond donors (Lipinski definition) is 0. The van der Waals surface area contributed by atoms with Crippen LogP contribution in [0.2, 0.25) is 4.82 Å². The quantitative estimate of drug-likeness (QED) is 0.524. The first kappa shape index (κ1) is 6.52. The van der Waals surface area contributed by atoms with Crippen LogP contribution in [0.5, 0.6) is 0 Å². The van der Waals surface area contributed by atoms with Crippen molar-refractivity contribution in [2.75, 3.05) is 0 Å². The van der Waals surface area contributed by atoms with Crippen molar-refractivity contribution in [2.45, 2.75) is 31.5 Å². The van der Waals surface area contributed by atoms with Gasteiger partial charge in [0.2, 0.25) is 0 Å². The van der Waals surface area contributed by atoms with E-state index in [1.54, 1.807) is 0 Å². The van der Waals surface area contributed by atoms with Crippen LogP contribution in [-0.4, -0.2) is 16.0 Å². The molecule has 0 aromatic carbocycles. The molecule has 0 aromatic rings. The summed E-state index contributed by atoms with van der Waals surface area (Å²) in [6.45, 7) is 4.43. The molecular formula is C5H12Se. The average molecular weight is 151 g/mol. The van der Waals surface area contributed by atoms with E-state index >= 15 is 0 Å².